The molecule has 1 aliphatic heterocycles. The Bertz CT molecular complexity index is 518. The normalized spacial score (nSPS) is 23.4. The summed E-state index contributed by atoms with van der Waals surface area (Å²) in [6.45, 7) is 3.12. The molecule has 6 nitrogen and oxygen atoms in total. The van der Waals surface area contributed by atoms with Gasteiger partial charge in [-0.05, 0) is 19.8 Å². The lowest BCUT2D eigenvalue weighted by atomic mass is 9.92. The van der Waals surface area contributed by atoms with Gasteiger partial charge < -0.3 is 5.73 Å². The topological polar surface area (TPSA) is 89.5 Å². The molecule has 0 aliphatic carbocycles. The molecule has 1 aromatic rings. The number of benzene rings is 1. The molecule has 1 saturated heterocycles. The van der Waals surface area contributed by atoms with Crippen molar-refractivity contribution in [2.45, 2.75) is 32.4 Å². The fourth-order valence-corrected chi connectivity index (χ4v) is 2.67. The van der Waals surface area contributed by atoms with Gasteiger partial charge in [0.05, 0.1) is 10.8 Å². The third kappa shape index (κ3) is 3.14. The molecular weight excluding hydrogens is 258 g/mol. The van der Waals surface area contributed by atoms with Crippen molar-refractivity contribution in [3.05, 3.63) is 39.9 Å². The molecule has 6 heteroatoms. The zero-order chi connectivity index (χ0) is 14.7. The molecule has 0 aromatic heterocycles. The van der Waals surface area contributed by atoms with Crippen molar-refractivity contribution in [1.82, 2.24) is 4.90 Å². The van der Waals surface area contributed by atoms with Crippen molar-refractivity contribution in [3.8, 4) is 0 Å². The summed E-state index contributed by atoms with van der Waals surface area (Å²) in [5.41, 5.74) is 6.17. The summed E-state index contributed by atoms with van der Waals surface area (Å²) in [5.74, 6) is -0.446. The number of nitrogens with zero attached hydrogens (tertiary/aromatic N) is 2. The zero-order valence-electron chi connectivity index (χ0n) is 11.5. The fraction of sp³-hybridized carbons (Fsp3) is 0.500. The maximum Gasteiger partial charge on any atom is 0.273 e. The minimum Gasteiger partial charge on any atom is -0.369 e. The van der Waals surface area contributed by atoms with Gasteiger partial charge in [-0.25, -0.2) is 0 Å². The first-order valence-electron chi connectivity index (χ1n) is 6.74. The number of para-hydroxylation sites is 1. The van der Waals surface area contributed by atoms with Crippen LogP contribution in [0.2, 0.25) is 0 Å². The first-order chi connectivity index (χ1) is 9.49. The Kier molecular flexibility index (Phi) is 4.34. The van der Waals surface area contributed by atoms with Gasteiger partial charge in [-0.2, -0.15) is 0 Å². The Morgan fingerprint density at radius 3 is 2.80 bits per heavy atom. The number of carbonyl (C=O) groups excluding carboxylic acids is 1. The summed E-state index contributed by atoms with van der Waals surface area (Å²) in [6.07, 6.45) is 1.68. The van der Waals surface area contributed by atoms with Gasteiger partial charge in [-0.1, -0.05) is 18.2 Å². The Morgan fingerprint density at radius 2 is 2.15 bits per heavy atom. The van der Waals surface area contributed by atoms with E-state index in [0.29, 0.717) is 24.7 Å². The van der Waals surface area contributed by atoms with Crippen LogP contribution < -0.4 is 5.73 Å². The largest absolute Gasteiger partial charge is 0.369 e. The average Bonchev–Trinajstić information content (AvgIpc) is 2.41. The van der Waals surface area contributed by atoms with E-state index in [1.54, 1.807) is 18.2 Å². The molecule has 1 fully saturated rings. The standard InChI is InChI=1S/C14H19N3O3/c1-10-6-7-12(14(15)18)9-16(10)8-11-4-2-3-5-13(11)17(19)20/h2-5,10,12H,6-9H2,1H3,(H2,15,18)/t10-,12-/m1/s1. The molecule has 2 N–H and O–H groups in total. The van der Waals surface area contributed by atoms with Crippen LogP contribution in [0.25, 0.3) is 0 Å². The van der Waals surface area contributed by atoms with Crippen LogP contribution in [0.3, 0.4) is 0 Å². The molecule has 0 unspecified atom stereocenters. The second-order valence-corrected chi connectivity index (χ2v) is 5.34. The number of nitrogens with two attached hydrogens (primary N) is 1. The van der Waals surface area contributed by atoms with Gasteiger partial charge >= 0.3 is 0 Å². The van der Waals surface area contributed by atoms with Gasteiger partial charge in [-0.15, -0.1) is 0 Å². The van der Waals surface area contributed by atoms with Gasteiger partial charge in [0.2, 0.25) is 5.91 Å². The van der Waals surface area contributed by atoms with E-state index in [2.05, 4.69) is 11.8 Å². The van der Waals surface area contributed by atoms with E-state index < -0.39 is 0 Å². The lowest BCUT2D eigenvalue weighted by Crippen LogP contribution is -2.45. The third-order valence-corrected chi connectivity index (χ3v) is 3.98. The maximum atomic E-state index is 11.3. The quantitative estimate of drug-likeness (QED) is 0.669. The van der Waals surface area contributed by atoms with E-state index >= 15 is 0 Å². The highest BCUT2D eigenvalue weighted by Gasteiger charge is 2.29. The number of likely N-dealkylation sites (tertiary alicyclic amines) is 1. The molecule has 0 radical (unpaired) electrons. The molecule has 0 bridgehead atoms. The van der Waals surface area contributed by atoms with Crippen molar-refractivity contribution in [1.29, 1.82) is 0 Å². The van der Waals surface area contributed by atoms with Crippen molar-refractivity contribution in [2.75, 3.05) is 6.54 Å². The minimum absolute atomic E-state index is 0.126. The Balaban J connectivity index is 2.16. The molecule has 108 valence electrons. The minimum atomic E-state index is -0.366. The summed E-state index contributed by atoms with van der Waals surface area (Å²) in [7, 11) is 0. The van der Waals surface area contributed by atoms with E-state index in [1.165, 1.54) is 6.07 Å². The number of rotatable bonds is 4. The maximum absolute atomic E-state index is 11.3. The lowest BCUT2D eigenvalue weighted by molar-refractivity contribution is -0.385. The van der Waals surface area contributed by atoms with Gasteiger partial charge in [0.1, 0.15) is 0 Å². The molecule has 0 saturated carbocycles. The van der Waals surface area contributed by atoms with E-state index in [1.807, 2.05) is 0 Å². The molecule has 1 aliphatic rings. The van der Waals surface area contributed by atoms with Crippen LogP contribution in [0.15, 0.2) is 24.3 Å². The highest BCUT2D eigenvalue weighted by molar-refractivity contribution is 5.77. The average molecular weight is 277 g/mol. The van der Waals surface area contributed by atoms with Crippen molar-refractivity contribution in [2.24, 2.45) is 11.7 Å². The first-order valence-corrected chi connectivity index (χ1v) is 6.74. The number of nitro groups is 1. The van der Waals surface area contributed by atoms with Gasteiger partial charge in [0, 0.05) is 30.8 Å². The highest BCUT2D eigenvalue weighted by atomic mass is 16.6. The van der Waals surface area contributed by atoms with Crippen LogP contribution in [0, 0.1) is 16.0 Å². The van der Waals surface area contributed by atoms with Crippen molar-refractivity contribution in [3.63, 3.8) is 0 Å². The second-order valence-electron chi connectivity index (χ2n) is 5.34. The molecule has 2 atom stereocenters. The molecule has 1 amide bonds. The number of amides is 1. The number of hydrogen-bond donors (Lipinski definition) is 1. The molecule has 2 rings (SSSR count). The molecule has 20 heavy (non-hydrogen) atoms. The Labute approximate surface area is 117 Å². The van der Waals surface area contributed by atoms with E-state index in [0.717, 1.165) is 12.8 Å². The molecule has 1 aromatic carbocycles. The lowest BCUT2D eigenvalue weighted by Gasteiger charge is -2.36. The van der Waals surface area contributed by atoms with Gasteiger partial charge in [-0.3, -0.25) is 19.8 Å². The summed E-state index contributed by atoms with van der Waals surface area (Å²) >= 11 is 0. The number of nitro benzene ring substituents is 1. The first kappa shape index (κ1) is 14.5. The Hall–Kier alpha value is -1.95. The summed E-state index contributed by atoms with van der Waals surface area (Å²) in [4.78, 5) is 24.1. The number of primary amides is 1. The van der Waals surface area contributed by atoms with E-state index in [-0.39, 0.29) is 22.4 Å². The Morgan fingerprint density at radius 1 is 1.45 bits per heavy atom. The fourth-order valence-electron chi connectivity index (χ4n) is 2.67. The number of piperidine rings is 1. The summed E-state index contributed by atoms with van der Waals surface area (Å²) < 4.78 is 0. The van der Waals surface area contributed by atoms with Crippen LogP contribution in [0.4, 0.5) is 5.69 Å². The SMILES string of the molecule is C[C@@H]1CC[C@@H](C(N)=O)CN1Cc1ccccc1[N+](=O)[O-]. The summed E-state index contributed by atoms with van der Waals surface area (Å²) in [5, 5.41) is 11.0. The molecular formula is C14H19N3O3. The van der Waals surface area contributed by atoms with Crippen LogP contribution in [0.5, 0.6) is 0 Å². The third-order valence-electron chi connectivity index (χ3n) is 3.98. The van der Waals surface area contributed by atoms with Crippen LogP contribution in [0.1, 0.15) is 25.3 Å². The predicted molar refractivity (Wildman–Crippen MR) is 74.9 cm³/mol. The molecule has 1 heterocycles. The monoisotopic (exact) mass is 277 g/mol. The second kappa shape index (κ2) is 6.00. The van der Waals surface area contributed by atoms with Crippen LogP contribution in [-0.4, -0.2) is 28.3 Å². The smallest absolute Gasteiger partial charge is 0.273 e. The number of carbonyl (C=O) groups is 1. The summed E-state index contributed by atoms with van der Waals surface area (Å²) in [6, 6.07) is 7.02. The highest BCUT2D eigenvalue weighted by Crippen LogP contribution is 2.26. The van der Waals surface area contributed by atoms with Crippen molar-refractivity contribution < 1.29 is 9.72 Å². The van der Waals surface area contributed by atoms with Gasteiger partial charge in [0.25, 0.3) is 5.69 Å². The van der Waals surface area contributed by atoms with E-state index in [4.69, 9.17) is 5.73 Å². The zero-order valence-corrected chi connectivity index (χ0v) is 11.5. The van der Waals surface area contributed by atoms with Crippen LogP contribution >= 0.6 is 0 Å². The molecule has 0 spiro atoms. The van der Waals surface area contributed by atoms with Gasteiger partial charge in [0.15, 0.2) is 0 Å². The van der Waals surface area contributed by atoms with Crippen LogP contribution in [-0.2, 0) is 11.3 Å². The predicted octanol–water partition coefficient (Wildman–Crippen LogP) is 1.68. The van der Waals surface area contributed by atoms with Crippen molar-refractivity contribution >= 4 is 11.6 Å². The number of hydrogen-bond acceptors (Lipinski definition) is 4. The van der Waals surface area contributed by atoms with E-state index in [9.17, 15) is 14.9 Å².